The normalized spacial score (nSPS) is 15.9. The number of hydrogen-bond donors (Lipinski definition) is 1. The Kier molecular flexibility index (Phi) is 6.28. The van der Waals surface area contributed by atoms with E-state index < -0.39 is 12.1 Å². The summed E-state index contributed by atoms with van der Waals surface area (Å²) in [5.41, 5.74) is 0.629. The van der Waals surface area contributed by atoms with Crippen molar-refractivity contribution in [3.05, 3.63) is 52.2 Å². The molecule has 26 heavy (non-hydrogen) atoms. The molecule has 3 rings (SSSR count). The van der Waals surface area contributed by atoms with Crippen LogP contribution in [0.25, 0.3) is 0 Å². The Hall–Kier alpha value is -2.34. The van der Waals surface area contributed by atoms with Crippen molar-refractivity contribution in [1.29, 1.82) is 0 Å². The summed E-state index contributed by atoms with van der Waals surface area (Å²) in [6.07, 6.45) is 4.42. The first kappa shape index (κ1) is 18.5. The summed E-state index contributed by atoms with van der Waals surface area (Å²) in [6, 6.07) is 10.7. The predicted molar refractivity (Wildman–Crippen MR) is 100 cm³/mol. The van der Waals surface area contributed by atoms with Crippen LogP contribution in [0.15, 0.2) is 41.8 Å². The number of ether oxygens (including phenoxy) is 2. The summed E-state index contributed by atoms with van der Waals surface area (Å²) in [6.45, 7) is 0. The van der Waals surface area contributed by atoms with Gasteiger partial charge in [0, 0.05) is 11.6 Å². The lowest BCUT2D eigenvalue weighted by Crippen LogP contribution is -2.40. The van der Waals surface area contributed by atoms with Gasteiger partial charge in [0.15, 0.2) is 0 Å². The third-order valence-electron chi connectivity index (χ3n) is 4.56. The van der Waals surface area contributed by atoms with Crippen LogP contribution in [0.5, 0.6) is 5.75 Å². The largest absolute Gasteiger partial charge is 0.497 e. The summed E-state index contributed by atoms with van der Waals surface area (Å²) >= 11 is 1.30. The van der Waals surface area contributed by atoms with Crippen LogP contribution in [-0.2, 0) is 9.53 Å². The maximum Gasteiger partial charge on any atom is 0.349 e. The zero-order valence-electron chi connectivity index (χ0n) is 14.8. The molecule has 1 saturated carbocycles. The van der Waals surface area contributed by atoms with E-state index in [1.54, 1.807) is 48.9 Å². The molecule has 5 nitrogen and oxygen atoms in total. The second-order valence-corrected chi connectivity index (χ2v) is 7.33. The van der Waals surface area contributed by atoms with Gasteiger partial charge in [0.25, 0.3) is 5.91 Å². The van der Waals surface area contributed by atoms with E-state index in [4.69, 9.17) is 9.47 Å². The van der Waals surface area contributed by atoms with Gasteiger partial charge in [-0.3, -0.25) is 4.79 Å². The highest BCUT2D eigenvalue weighted by molar-refractivity contribution is 7.11. The topological polar surface area (TPSA) is 64.6 Å². The van der Waals surface area contributed by atoms with Crippen LogP contribution in [0.3, 0.4) is 0 Å². The lowest BCUT2D eigenvalue weighted by molar-refractivity contribution is -0.131. The number of hydrogen-bond acceptors (Lipinski definition) is 5. The minimum absolute atomic E-state index is 0.150. The minimum Gasteiger partial charge on any atom is -0.497 e. The molecule has 1 atom stereocenters. The first-order chi connectivity index (χ1) is 12.7. The molecule has 1 aliphatic rings. The van der Waals surface area contributed by atoms with Crippen molar-refractivity contribution in [2.75, 3.05) is 7.11 Å². The van der Waals surface area contributed by atoms with Gasteiger partial charge in [-0.15, -0.1) is 11.3 Å². The highest BCUT2D eigenvalue weighted by atomic mass is 32.1. The molecule has 6 heteroatoms. The fraction of sp³-hybridized carbons (Fsp3) is 0.400. The quantitative estimate of drug-likeness (QED) is 0.774. The van der Waals surface area contributed by atoms with Crippen LogP contribution in [0.2, 0.25) is 0 Å². The summed E-state index contributed by atoms with van der Waals surface area (Å²) in [5, 5.41) is 4.86. The van der Waals surface area contributed by atoms with E-state index in [0.717, 1.165) is 25.7 Å². The standard InChI is InChI=1S/C20H23NO4S/c1-24-16-11-9-14(10-12-16)18(25-20(23)17-8-5-13-26-17)19(22)21-15-6-3-2-4-7-15/h5,8-13,15,18H,2-4,6-7H2,1H3,(H,21,22). The van der Waals surface area contributed by atoms with Crippen LogP contribution in [0, 0.1) is 0 Å². The molecule has 1 aromatic heterocycles. The Morgan fingerprint density at radius 1 is 1.12 bits per heavy atom. The molecule has 1 unspecified atom stereocenters. The van der Waals surface area contributed by atoms with E-state index in [0.29, 0.717) is 16.2 Å². The van der Waals surface area contributed by atoms with Crippen molar-refractivity contribution in [2.45, 2.75) is 44.2 Å². The summed E-state index contributed by atoms with van der Waals surface area (Å²) in [4.78, 5) is 25.7. The first-order valence-corrected chi connectivity index (χ1v) is 9.74. The second kappa shape index (κ2) is 8.85. The van der Waals surface area contributed by atoms with E-state index in [1.807, 2.05) is 0 Å². The average molecular weight is 373 g/mol. The molecule has 1 heterocycles. The number of amides is 1. The summed E-state index contributed by atoms with van der Waals surface area (Å²) in [7, 11) is 1.58. The van der Waals surface area contributed by atoms with Crippen LogP contribution < -0.4 is 10.1 Å². The van der Waals surface area contributed by atoms with Crippen molar-refractivity contribution in [2.24, 2.45) is 0 Å². The Labute approximate surface area is 157 Å². The Morgan fingerprint density at radius 3 is 2.46 bits per heavy atom. The first-order valence-electron chi connectivity index (χ1n) is 8.86. The van der Waals surface area contributed by atoms with Gasteiger partial charge >= 0.3 is 5.97 Å². The molecule has 0 radical (unpaired) electrons. The van der Waals surface area contributed by atoms with Crippen LogP contribution in [-0.4, -0.2) is 25.0 Å². The molecular weight excluding hydrogens is 350 g/mol. The number of carbonyl (C=O) groups excluding carboxylic acids is 2. The zero-order valence-corrected chi connectivity index (χ0v) is 15.6. The van der Waals surface area contributed by atoms with Crippen molar-refractivity contribution >= 4 is 23.2 Å². The van der Waals surface area contributed by atoms with Gasteiger partial charge in [0.05, 0.1) is 7.11 Å². The van der Waals surface area contributed by atoms with Crippen LogP contribution in [0.1, 0.15) is 53.4 Å². The van der Waals surface area contributed by atoms with Gasteiger partial charge in [0.2, 0.25) is 6.10 Å². The second-order valence-electron chi connectivity index (χ2n) is 6.38. The molecular formula is C20H23NO4S. The molecule has 0 spiro atoms. The molecule has 1 aliphatic carbocycles. The molecule has 2 aromatic rings. The van der Waals surface area contributed by atoms with E-state index in [-0.39, 0.29) is 11.9 Å². The minimum atomic E-state index is -0.975. The highest BCUT2D eigenvalue weighted by Gasteiger charge is 2.28. The Bertz CT molecular complexity index is 721. The maximum atomic E-state index is 12.9. The SMILES string of the molecule is COc1ccc(C(OC(=O)c2cccs2)C(=O)NC2CCCCC2)cc1. The maximum absolute atomic E-state index is 12.9. The van der Waals surface area contributed by atoms with Crippen molar-refractivity contribution in [1.82, 2.24) is 5.32 Å². The molecule has 0 aliphatic heterocycles. The smallest absolute Gasteiger partial charge is 0.349 e. The predicted octanol–water partition coefficient (Wildman–Crippen LogP) is 4.10. The van der Waals surface area contributed by atoms with E-state index in [1.165, 1.54) is 17.8 Å². The third-order valence-corrected chi connectivity index (χ3v) is 5.41. The van der Waals surface area contributed by atoms with E-state index >= 15 is 0 Å². The third kappa shape index (κ3) is 4.64. The number of benzene rings is 1. The van der Waals surface area contributed by atoms with Gasteiger partial charge in [-0.05, 0) is 36.4 Å². The van der Waals surface area contributed by atoms with E-state index in [9.17, 15) is 9.59 Å². The number of rotatable bonds is 6. The number of esters is 1. The summed E-state index contributed by atoms with van der Waals surface area (Å²) in [5.74, 6) is -0.0728. The number of thiophene rings is 1. The van der Waals surface area contributed by atoms with Crippen molar-refractivity contribution < 1.29 is 19.1 Å². The molecule has 1 aromatic carbocycles. The van der Waals surface area contributed by atoms with Crippen molar-refractivity contribution in [3.63, 3.8) is 0 Å². The molecule has 1 fully saturated rings. The number of nitrogens with one attached hydrogen (secondary N) is 1. The lowest BCUT2D eigenvalue weighted by atomic mass is 9.95. The molecule has 0 saturated heterocycles. The fourth-order valence-corrected chi connectivity index (χ4v) is 3.74. The van der Waals surface area contributed by atoms with Gasteiger partial charge in [-0.2, -0.15) is 0 Å². The van der Waals surface area contributed by atoms with Crippen molar-refractivity contribution in [3.8, 4) is 5.75 Å². The zero-order chi connectivity index (χ0) is 18.4. The van der Waals surface area contributed by atoms with Gasteiger partial charge < -0.3 is 14.8 Å². The number of methoxy groups -OCH3 is 1. The van der Waals surface area contributed by atoms with Crippen LogP contribution >= 0.6 is 11.3 Å². The average Bonchev–Trinajstić information content (AvgIpc) is 3.22. The molecule has 0 bridgehead atoms. The molecule has 1 N–H and O–H groups in total. The lowest BCUT2D eigenvalue weighted by Gasteiger charge is -2.25. The highest BCUT2D eigenvalue weighted by Crippen LogP contribution is 2.25. The van der Waals surface area contributed by atoms with Crippen LogP contribution in [0.4, 0.5) is 0 Å². The fourth-order valence-electron chi connectivity index (χ4n) is 3.14. The van der Waals surface area contributed by atoms with Gasteiger partial charge in [-0.1, -0.05) is 37.5 Å². The Balaban J connectivity index is 1.77. The van der Waals surface area contributed by atoms with Gasteiger partial charge in [-0.25, -0.2) is 4.79 Å². The number of carbonyl (C=O) groups is 2. The molecule has 1 amide bonds. The van der Waals surface area contributed by atoms with E-state index in [2.05, 4.69) is 5.32 Å². The Morgan fingerprint density at radius 2 is 1.85 bits per heavy atom. The monoisotopic (exact) mass is 373 g/mol. The van der Waals surface area contributed by atoms with Gasteiger partial charge in [0.1, 0.15) is 10.6 Å². The molecule has 138 valence electrons. The summed E-state index contributed by atoms with van der Waals surface area (Å²) < 4.78 is 10.7.